The maximum Gasteiger partial charge on any atom is 0.251 e. The zero-order valence-corrected chi connectivity index (χ0v) is 14.5. The summed E-state index contributed by atoms with van der Waals surface area (Å²) >= 11 is 2.24. The van der Waals surface area contributed by atoms with E-state index in [1.54, 1.807) is 0 Å². The van der Waals surface area contributed by atoms with Crippen molar-refractivity contribution in [2.75, 3.05) is 17.6 Å². The van der Waals surface area contributed by atoms with Gasteiger partial charge in [0.2, 0.25) is 0 Å². The molecule has 0 aliphatic heterocycles. The highest BCUT2D eigenvalue weighted by Gasteiger charge is 2.07. The van der Waals surface area contributed by atoms with Crippen LogP contribution in [0.25, 0.3) is 0 Å². The molecule has 3 nitrogen and oxygen atoms in total. The standard InChI is InChI=1S/C16H24INO2/c1-3-4-6-13(2)12-20-15-8-5-7-14(11-15)16(19)18-10-9-17/h5,7-8,11,13H,3-4,6,9-10,12H2,1-2H3,(H,18,19). The van der Waals surface area contributed by atoms with E-state index < -0.39 is 0 Å². The Labute approximate surface area is 135 Å². The van der Waals surface area contributed by atoms with Gasteiger partial charge in [-0.25, -0.2) is 0 Å². The van der Waals surface area contributed by atoms with Crippen LogP contribution in [0.1, 0.15) is 43.5 Å². The average Bonchev–Trinajstić information content (AvgIpc) is 2.48. The molecule has 0 bridgehead atoms. The third-order valence-electron chi connectivity index (χ3n) is 3.06. The van der Waals surface area contributed by atoms with Gasteiger partial charge in [0.1, 0.15) is 5.75 Å². The molecular formula is C16H24INO2. The Morgan fingerprint density at radius 3 is 2.95 bits per heavy atom. The van der Waals surface area contributed by atoms with E-state index in [0.717, 1.165) is 10.2 Å². The van der Waals surface area contributed by atoms with E-state index in [-0.39, 0.29) is 5.91 Å². The number of amides is 1. The van der Waals surface area contributed by atoms with E-state index in [0.29, 0.717) is 24.6 Å². The van der Waals surface area contributed by atoms with E-state index >= 15 is 0 Å². The second kappa shape index (κ2) is 10.0. The molecule has 0 heterocycles. The van der Waals surface area contributed by atoms with E-state index in [4.69, 9.17) is 4.74 Å². The molecule has 20 heavy (non-hydrogen) atoms. The number of carbonyl (C=O) groups is 1. The molecule has 0 aliphatic rings. The topological polar surface area (TPSA) is 38.3 Å². The highest BCUT2D eigenvalue weighted by molar-refractivity contribution is 14.1. The van der Waals surface area contributed by atoms with Crippen molar-refractivity contribution in [3.05, 3.63) is 29.8 Å². The van der Waals surface area contributed by atoms with Crippen LogP contribution in [0.15, 0.2) is 24.3 Å². The Kier molecular flexibility index (Phi) is 8.65. The number of ether oxygens (including phenoxy) is 1. The van der Waals surface area contributed by atoms with E-state index in [2.05, 4.69) is 41.8 Å². The second-order valence-electron chi connectivity index (χ2n) is 5.03. The minimum atomic E-state index is -0.0360. The van der Waals surface area contributed by atoms with E-state index in [1.807, 2.05) is 24.3 Å². The molecule has 0 aromatic heterocycles. The smallest absolute Gasteiger partial charge is 0.251 e. The first kappa shape index (κ1) is 17.3. The number of rotatable bonds is 9. The van der Waals surface area contributed by atoms with Crippen molar-refractivity contribution in [3.8, 4) is 5.75 Å². The van der Waals surface area contributed by atoms with Gasteiger partial charge in [0.15, 0.2) is 0 Å². The van der Waals surface area contributed by atoms with Crippen LogP contribution in [0.2, 0.25) is 0 Å². The highest BCUT2D eigenvalue weighted by Crippen LogP contribution is 2.16. The fourth-order valence-electron chi connectivity index (χ4n) is 1.86. The predicted molar refractivity (Wildman–Crippen MR) is 91.8 cm³/mol. The second-order valence-corrected chi connectivity index (χ2v) is 6.11. The molecule has 1 unspecified atom stereocenters. The SMILES string of the molecule is CCCCC(C)COc1cccc(C(=O)NCCI)c1. The molecule has 1 aromatic carbocycles. The Balaban J connectivity index is 2.49. The number of benzene rings is 1. The Bertz CT molecular complexity index is 409. The van der Waals surface area contributed by atoms with Crippen molar-refractivity contribution in [1.29, 1.82) is 0 Å². The lowest BCUT2D eigenvalue weighted by atomic mass is 10.1. The van der Waals surface area contributed by atoms with Gasteiger partial charge in [-0.05, 0) is 30.5 Å². The number of halogens is 1. The molecule has 0 fully saturated rings. The molecule has 1 amide bonds. The summed E-state index contributed by atoms with van der Waals surface area (Å²) in [5, 5.41) is 2.87. The number of hydrogen-bond donors (Lipinski definition) is 1. The van der Waals surface area contributed by atoms with Crippen LogP contribution in [-0.2, 0) is 0 Å². The molecule has 0 saturated carbocycles. The molecule has 1 rings (SSSR count). The van der Waals surface area contributed by atoms with Crippen LogP contribution in [0.5, 0.6) is 5.75 Å². The minimum Gasteiger partial charge on any atom is -0.493 e. The fourth-order valence-corrected chi connectivity index (χ4v) is 2.13. The first-order valence-corrected chi connectivity index (χ1v) is 8.77. The lowest BCUT2D eigenvalue weighted by Crippen LogP contribution is -2.25. The van der Waals surface area contributed by atoms with Gasteiger partial charge < -0.3 is 10.1 Å². The number of unbranched alkanes of at least 4 members (excludes halogenated alkanes) is 1. The maximum absolute atomic E-state index is 11.9. The monoisotopic (exact) mass is 389 g/mol. The number of nitrogens with one attached hydrogen (secondary N) is 1. The van der Waals surface area contributed by atoms with Crippen molar-refractivity contribution in [2.24, 2.45) is 5.92 Å². The molecule has 0 saturated heterocycles. The zero-order chi connectivity index (χ0) is 14.8. The Morgan fingerprint density at radius 1 is 1.45 bits per heavy atom. The van der Waals surface area contributed by atoms with Crippen molar-refractivity contribution < 1.29 is 9.53 Å². The Hall–Kier alpha value is -0.780. The fraction of sp³-hybridized carbons (Fsp3) is 0.562. The van der Waals surface area contributed by atoms with Gasteiger partial charge >= 0.3 is 0 Å². The van der Waals surface area contributed by atoms with Crippen LogP contribution in [0.4, 0.5) is 0 Å². The first-order chi connectivity index (χ1) is 9.67. The molecule has 1 N–H and O–H groups in total. The van der Waals surface area contributed by atoms with Gasteiger partial charge in [0, 0.05) is 16.5 Å². The van der Waals surface area contributed by atoms with Crippen molar-refractivity contribution in [2.45, 2.75) is 33.1 Å². The summed E-state index contributed by atoms with van der Waals surface area (Å²) in [6, 6.07) is 7.40. The molecule has 1 atom stereocenters. The molecule has 0 radical (unpaired) electrons. The van der Waals surface area contributed by atoms with Crippen LogP contribution >= 0.6 is 22.6 Å². The summed E-state index contributed by atoms with van der Waals surface area (Å²) in [5.41, 5.74) is 0.661. The summed E-state index contributed by atoms with van der Waals surface area (Å²) in [7, 11) is 0. The predicted octanol–water partition coefficient (Wildman–Crippen LogP) is 4.06. The first-order valence-electron chi connectivity index (χ1n) is 7.24. The summed E-state index contributed by atoms with van der Waals surface area (Å²) in [4.78, 5) is 11.9. The van der Waals surface area contributed by atoms with Gasteiger partial charge in [-0.2, -0.15) is 0 Å². The molecule has 0 aliphatic carbocycles. The number of carbonyl (C=O) groups excluding carboxylic acids is 1. The molecule has 1 aromatic rings. The van der Waals surface area contributed by atoms with Crippen LogP contribution < -0.4 is 10.1 Å². The summed E-state index contributed by atoms with van der Waals surface area (Å²) in [5.74, 6) is 1.29. The highest BCUT2D eigenvalue weighted by atomic mass is 127. The maximum atomic E-state index is 11.9. The van der Waals surface area contributed by atoms with Gasteiger partial charge in [0.05, 0.1) is 6.61 Å². The zero-order valence-electron chi connectivity index (χ0n) is 12.3. The van der Waals surface area contributed by atoms with Crippen molar-refractivity contribution >= 4 is 28.5 Å². The summed E-state index contributed by atoms with van der Waals surface area (Å²) in [6.07, 6.45) is 3.65. The quantitative estimate of drug-likeness (QED) is 0.511. The van der Waals surface area contributed by atoms with Crippen molar-refractivity contribution in [1.82, 2.24) is 5.32 Å². The third kappa shape index (κ3) is 6.59. The number of alkyl halides is 1. The van der Waals surface area contributed by atoms with Crippen LogP contribution in [0.3, 0.4) is 0 Å². The summed E-state index contributed by atoms with van der Waals surface area (Å²) < 4.78 is 6.69. The summed E-state index contributed by atoms with van der Waals surface area (Å²) in [6.45, 7) is 5.80. The molecular weight excluding hydrogens is 365 g/mol. The lowest BCUT2D eigenvalue weighted by molar-refractivity contribution is 0.0956. The van der Waals surface area contributed by atoms with E-state index in [9.17, 15) is 4.79 Å². The van der Waals surface area contributed by atoms with Crippen molar-refractivity contribution in [3.63, 3.8) is 0 Å². The Morgan fingerprint density at radius 2 is 2.25 bits per heavy atom. The lowest BCUT2D eigenvalue weighted by Gasteiger charge is -2.13. The van der Waals surface area contributed by atoms with Gasteiger partial charge in [0.25, 0.3) is 5.91 Å². The molecule has 112 valence electrons. The molecule has 4 heteroatoms. The van der Waals surface area contributed by atoms with Crippen LogP contribution in [0, 0.1) is 5.92 Å². The van der Waals surface area contributed by atoms with Gasteiger partial charge in [-0.15, -0.1) is 0 Å². The normalized spacial score (nSPS) is 11.9. The molecule has 0 spiro atoms. The average molecular weight is 389 g/mol. The van der Waals surface area contributed by atoms with Crippen LogP contribution in [-0.4, -0.2) is 23.5 Å². The van der Waals surface area contributed by atoms with E-state index in [1.165, 1.54) is 19.3 Å². The minimum absolute atomic E-state index is 0.0360. The largest absolute Gasteiger partial charge is 0.493 e. The third-order valence-corrected chi connectivity index (χ3v) is 3.60. The number of hydrogen-bond acceptors (Lipinski definition) is 2. The van der Waals surface area contributed by atoms with Gasteiger partial charge in [-0.3, -0.25) is 4.79 Å². The van der Waals surface area contributed by atoms with Gasteiger partial charge in [-0.1, -0.05) is 55.3 Å².